The second kappa shape index (κ2) is 3.44. The molecule has 1 saturated carbocycles. The van der Waals surface area contributed by atoms with Gasteiger partial charge in [0.05, 0.1) is 0 Å². The molecule has 2 unspecified atom stereocenters. The Kier molecular flexibility index (Phi) is 2.79. The van der Waals surface area contributed by atoms with Gasteiger partial charge in [-0.2, -0.15) is 0 Å². The SMILES string of the molecule is CCC1CC1(C)NC(=O)OC(C)(C)C. The molecule has 14 heavy (non-hydrogen) atoms. The smallest absolute Gasteiger partial charge is 0.408 e. The summed E-state index contributed by atoms with van der Waals surface area (Å²) in [5.74, 6) is 0.620. The average Bonchev–Trinajstić information content (AvgIpc) is 2.56. The van der Waals surface area contributed by atoms with E-state index < -0.39 is 5.60 Å². The standard InChI is InChI=1S/C11H21NO2/c1-6-8-7-11(8,5)12-9(13)14-10(2,3)4/h8H,6-7H2,1-5H3,(H,12,13). The first-order chi connectivity index (χ1) is 6.27. The van der Waals surface area contributed by atoms with E-state index in [1.165, 1.54) is 0 Å². The Labute approximate surface area is 86.2 Å². The predicted octanol–water partition coefficient (Wildman–Crippen LogP) is 2.70. The van der Waals surface area contributed by atoms with Crippen LogP contribution in [0.5, 0.6) is 0 Å². The summed E-state index contributed by atoms with van der Waals surface area (Å²) in [5, 5.41) is 2.93. The number of hydrogen-bond donors (Lipinski definition) is 1. The van der Waals surface area contributed by atoms with Gasteiger partial charge in [0.15, 0.2) is 0 Å². The fourth-order valence-corrected chi connectivity index (χ4v) is 1.74. The van der Waals surface area contributed by atoms with Crippen LogP contribution in [0.2, 0.25) is 0 Å². The lowest BCUT2D eigenvalue weighted by atomic mass is 10.2. The molecule has 0 aromatic carbocycles. The molecule has 0 aromatic heterocycles. The van der Waals surface area contributed by atoms with Gasteiger partial charge in [-0.05, 0) is 40.0 Å². The maximum absolute atomic E-state index is 11.4. The van der Waals surface area contributed by atoms with Gasteiger partial charge in [-0.15, -0.1) is 0 Å². The van der Waals surface area contributed by atoms with E-state index in [1.54, 1.807) is 0 Å². The number of alkyl carbamates (subject to hydrolysis) is 1. The van der Waals surface area contributed by atoms with Gasteiger partial charge < -0.3 is 10.1 Å². The lowest BCUT2D eigenvalue weighted by Crippen LogP contribution is -2.40. The zero-order valence-corrected chi connectivity index (χ0v) is 9.81. The molecular formula is C11H21NO2. The summed E-state index contributed by atoms with van der Waals surface area (Å²) < 4.78 is 5.20. The predicted molar refractivity (Wildman–Crippen MR) is 56.2 cm³/mol. The first-order valence-corrected chi connectivity index (χ1v) is 5.28. The molecule has 1 fully saturated rings. The topological polar surface area (TPSA) is 38.3 Å². The minimum absolute atomic E-state index is 0.0168. The van der Waals surface area contributed by atoms with Crippen LogP contribution < -0.4 is 5.32 Å². The number of rotatable bonds is 2. The van der Waals surface area contributed by atoms with E-state index in [0.29, 0.717) is 5.92 Å². The molecule has 82 valence electrons. The summed E-state index contributed by atoms with van der Waals surface area (Å²) in [6.45, 7) is 9.84. The largest absolute Gasteiger partial charge is 0.444 e. The third kappa shape index (κ3) is 2.89. The van der Waals surface area contributed by atoms with Crippen molar-refractivity contribution in [3.8, 4) is 0 Å². The van der Waals surface area contributed by atoms with Crippen LogP contribution in [0.3, 0.4) is 0 Å². The molecule has 1 N–H and O–H groups in total. The molecule has 2 atom stereocenters. The molecular weight excluding hydrogens is 178 g/mol. The second-order valence-electron chi connectivity index (χ2n) is 5.35. The van der Waals surface area contributed by atoms with Crippen LogP contribution >= 0.6 is 0 Å². The van der Waals surface area contributed by atoms with E-state index in [4.69, 9.17) is 4.74 Å². The van der Waals surface area contributed by atoms with Crippen molar-refractivity contribution in [1.82, 2.24) is 5.32 Å². The summed E-state index contributed by atoms with van der Waals surface area (Å²) in [7, 11) is 0. The number of ether oxygens (including phenoxy) is 1. The van der Waals surface area contributed by atoms with Gasteiger partial charge in [-0.3, -0.25) is 0 Å². The first-order valence-electron chi connectivity index (χ1n) is 5.28. The summed E-state index contributed by atoms with van der Waals surface area (Å²) in [4.78, 5) is 11.4. The van der Waals surface area contributed by atoms with Crippen molar-refractivity contribution in [2.45, 2.75) is 58.6 Å². The molecule has 1 aliphatic carbocycles. The van der Waals surface area contributed by atoms with E-state index in [1.807, 2.05) is 20.8 Å². The quantitative estimate of drug-likeness (QED) is 0.742. The van der Waals surface area contributed by atoms with Gasteiger partial charge >= 0.3 is 6.09 Å². The van der Waals surface area contributed by atoms with E-state index in [9.17, 15) is 4.79 Å². The molecule has 0 aliphatic heterocycles. The zero-order valence-electron chi connectivity index (χ0n) is 9.81. The summed E-state index contributed by atoms with van der Waals surface area (Å²) in [6, 6.07) is 0. The Hall–Kier alpha value is -0.730. The number of carbonyl (C=O) groups excluding carboxylic acids is 1. The van der Waals surface area contributed by atoms with E-state index in [2.05, 4.69) is 19.2 Å². The Morgan fingerprint density at radius 1 is 1.57 bits per heavy atom. The fraction of sp³-hybridized carbons (Fsp3) is 0.909. The molecule has 0 bridgehead atoms. The third-order valence-corrected chi connectivity index (χ3v) is 2.69. The Balaban J connectivity index is 2.36. The third-order valence-electron chi connectivity index (χ3n) is 2.69. The van der Waals surface area contributed by atoms with Gasteiger partial charge in [-0.1, -0.05) is 13.3 Å². The van der Waals surface area contributed by atoms with Gasteiger partial charge in [0.2, 0.25) is 0 Å². The molecule has 0 spiro atoms. The number of carbonyl (C=O) groups is 1. The summed E-state index contributed by atoms with van der Waals surface area (Å²) in [6.07, 6.45) is 1.89. The van der Waals surface area contributed by atoms with Crippen LogP contribution in [-0.2, 0) is 4.74 Å². The van der Waals surface area contributed by atoms with Gasteiger partial charge in [0.1, 0.15) is 5.60 Å². The molecule has 0 heterocycles. The molecule has 0 aromatic rings. The van der Waals surface area contributed by atoms with Crippen LogP contribution in [0, 0.1) is 5.92 Å². The normalized spacial score (nSPS) is 31.1. The van der Waals surface area contributed by atoms with E-state index in [-0.39, 0.29) is 11.6 Å². The zero-order chi connectivity index (χ0) is 11.0. The minimum Gasteiger partial charge on any atom is -0.444 e. The lowest BCUT2D eigenvalue weighted by Gasteiger charge is -2.22. The van der Waals surface area contributed by atoms with Gasteiger partial charge in [0, 0.05) is 5.54 Å². The number of nitrogens with one attached hydrogen (secondary N) is 1. The molecule has 3 heteroatoms. The van der Waals surface area contributed by atoms with Crippen molar-refractivity contribution < 1.29 is 9.53 Å². The highest BCUT2D eigenvalue weighted by Crippen LogP contribution is 2.45. The van der Waals surface area contributed by atoms with Crippen molar-refractivity contribution in [1.29, 1.82) is 0 Å². The Morgan fingerprint density at radius 3 is 2.50 bits per heavy atom. The minimum atomic E-state index is -0.406. The van der Waals surface area contributed by atoms with Crippen molar-refractivity contribution in [2.24, 2.45) is 5.92 Å². The van der Waals surface area contributed by atoms with E-state index >= 15 is 0 Å². The maximum Gasteiger partial charge on any atom is 0.408 e. The summed E-state index contributed by atoms with van der Waals surface area (Å²) in [5.41, 5.74) is -0.422. The molecule has 3 nitrogen and oxygen atoms in total. The van der Waals surface area contributed by atoms with Crippen LogP contribution in [-0.4, -0.2) is 17.2 Å². The Bertz CT molecular complexity index is 232. The Morgan fingerprint density at radius 2 is 2.14 bits per heavy atom. The molecule has 1 amide bonds. The molecule has 0 saturated heterocycles. The first kappa shape index (κ1) is 11.3. The second-order valence-corrected chi connectivity index (χ2v) is 5.35. The molecule has 1 rings (SSSR count). The van der Waals surface area contributed by atoms with E-state index in [0.717, 1.165) is 12.8 Å². The highest BCUT2D eigenvalue weighted by molar-refractivity contribution is 5.69. The van der Waals surface area contributed by atoms with Gasteiger partial charge in [0.25, 0.3) is 0 Å². The van der Waals surface area contributed by atoms with Crippen molar-refractivity contribution >= 4 is 6.09 Å². The fourth-order valence-electron chi connectivity index (χ4n) is 1.74. The van der Waals surface area contributed by atoms with Crippen LogP contribution in [0.4, 0.5) is 4.79 Å². The van der Waals surface area contributed by atoms with Crippen LogP contribution in [0.15, 0.2) is 0 Å². The molecule has 0 radical (unpaired) electrons. The number of hydrogen-bond acceptors (Lipinski definition) is 2. The molecule has 1 aliphatic rings. The van der Waals surface area contributed by atoms with Crippen LogP contribution in [0.25, 0.3) is 0 Å². The maximum atomic E-state index is 11.4. The van der Waals surface area contributed by atoms with Crippen molar-refractivity contribution in [3.63, 3.8) is 0 Å². The van der Waals surface area contributed by atoms with Gasteiger partial charge in [-0.25, -0.2) is 4.79 Å². The van der Waals surface area contributed by atoms with Crippen molar-refractivity contribution in [2.75, 3.05) is 0 Å². The number of amides is 1. The highest BCUT2D eigenvalue weighted by atomic mass is 16.6. The average molecular weight is 199 g/mol. The summed E-state index contributed by atoms with van der Waals surface area (Å²) >= 11 is 0. The monoisotopic (exact) mass is 199 g/mol. The van der Waals surface area contributed by atoms with Crippen LogP contribution in [0.1, 0.15) is 47.5 Å². The van der Waals surface area contributed by atoms with Crippen molar-refractivity contribution in [3.05, 3.63) is 0 Å². The highest BCUT2D eigenvalue weighted by Gasteiger charge is 2.50. The lowest BCUT2D eigenvalue weighted by molar-refractivity contribution is 0.0496.